The zero-order chi connectivity index (χ0) is 24.2. The molecule has 4 aromatic rings. The number of carbonyl (C=O) groups is 2. The molecule has 174 valence electrons. The molecule has 0 aliphatic carbocycles. The third-order valence-electron chi connectivity index (χ3n) is 4.86. The van der Waals surface area contributed by atoms with Gasteiger partial charge in [-0.25, -0.2) is 4.79 Å². The van der Waals surface area contributed by atoms with Gasteiger partial charge in [-0.1, -0.05) is 23.7 Å². The third kappa shape index (κ3) is 4.52. The molecule has 34 heavy (non-hydrogen) atoms. The Labute approximate surface area is 203 Å². The summed E-state index contributed by atoms with van der Waals surface area (Å²) in [6.45, 7) is 4.19. The van der Waals surface area contributed by atoms with Crippen molar-refractivity contribution < 1.29 is 19.1 Å². The van der Waals surface area contributed by atoms with E-state index < -0.39 is 17.4 Å². The molecule has 0 aliphatic heterocycles. The molecule has 2 heterocycles. The number of nitrogens with one attached hydrogen (secondary N) is 1. The summed E-state index contributed by atoms with van der Waals surface area (Å²) in [7, 11) is 0. The van der Waals surface area contributed by atoms with Gasteiger partial charge in [-0.2, -0.15) is 9.78 Å². The number of ether oxygens (including phenoxy) is 2. The fourth-order valence-corrected chi connectivity index (χ4v) is 4.49. The molecule has 0 saturated heterocycles. The van der Waals surface area contributed by atoms with Crippen molar-refractivity contribution in [3.05, 3.63) is 80.5 Å². The molecule has 1 N–H and O–H groups in total. The molecule has 0 unspecified atom stereocenters. The number of amides is 1. The lowest BCUT2D eigenvalue weighted by Gasteiger charge is -2.11. The Balaban J connectivity index is 1.86. The van der Waals surface area contributed by atoms with Gasteiger partial charge >= 0.3 is 5.97 Å². The first-order valence-corrected chi connectivity index (χ1v) is 11.7. The number of halogens is 1. The number of rotatable bonds is 7. The fourth-order valence-electron chi connectivity index (χ4n) is 3.33. The molecule has 1 amide bonds. The van der Waals surface area contributed by atoms with E-state index in [1.165, 1.54) is 0 Å². The molecule has 2 aromatic carbocycles. The second kappa shape index (κ2) is 10.1. The topological polar surface area (TPSA) is 99.5 Å². The van der Waals surface area contributed by atoms with Gasteiger partial charge in [0.2, 0.25) is 0 Å². The minimum atomic E-state index is -0.672. The van der Waals surface area contributed by atoms with Crippen LogP contribution >= 0.6 is 22.9 Å². The maximum Gasteiger partial charge on any atom is 0.359 e. The van der Waals surface area contributed by atoms with Gasteiger partial charge < -0.3 is 14.8 Å². The average Bonchev–Trinajstić information content (AvgIpc) is 3.24. The Morgan fingerprint density at radius 1 is 1.09 bits per heavy atom. The molecule has 0 atom stereocenters. The Kier molecular flexibility index (Phi) is 6.95. The van der Waals surface area contributed by atoms with Crippen LogP contribution in [0.5, 0.6) is 5.75 Å². The Morgan fingerprint density at radius 2 is 1.82 bits per heavy atom. The SMILES string of the molecule is CCOC(=O)c1nn(-c2ccc(OCC)cc2)c(=O)c2c(NC(=O)c3ccccc3Cl)scc12. The highest BCUT2D eigenvalue weighted by Crippen LogP contribution is 2.31. The van der Waals surface area contributed by atoms with E-state index in [0.717, 1.165) is 16.0 Å². The van der Waals surface area contributed by atoms with Crippen LogP contribution in [0.15, 0.2) is 58.7 Å². The van der Waals surface area contributed by atoms with Gasteiger partial charge in [-0.3, -0.25) is 9.59 Å². The molecule has 0 saturated carbocycles. The molecule has 0 bridgehead atoms. The number of hydrogen-bond donors (Lipinski definition) is 1. The van der Waals surface area contributed by atoms with E-state index >= 15 is 0 Å². The van der Waals surface area contributed by atoms with Crippen LogP contribution in [0.3, 0.4) is 0 Å². The summed E-state index contributed by atoms with van der Waals surface area (Å²) in [5.74, 6) is -0.515. The van der Waals surface area contributed by atoms with E-state index in [1.807, 2.05) is 6.92 Å². The highest BCUT2D eigenvalue weighted by molar-refractivity contribution is 7.16. The molecule has 4 rings (SSSR count). The quantitative estimate of drug-likeness (QED) is 0.363. The summed E-state index contributed by atoms with van der Waals surface area (Å²) in [6, 6.07) is 13.3. The summed E-state index contributed by atoms with van der Waals surface area (Å²) in [4.78, 5) is 39.0. The molecule has 2 aromatic heterocycles. The number of benzene rings is 2. The Hall–Kier alpha value is -3.69. The van der Waals surface area contributed by atoms with Crippen molar-refractivity contribution >= 4 is 50.6 Å². The van der Waals surface area contributed by atoms with Gasteiger partial charge in [0, 0.05) is 10.8 Å². The number of fused-ring (bicyclic) bond motifs is 1. The number of thiophene rings is 1. The van der Waals surface area contributed by atoms with Gasteiger partial charge in [0.25, 0.3) is 11.5 Å². The molecule has 8 nitrogen and oxygen atoms in total. The maximum atomic E-state index is 13.5. The van der Waals surface area contributed by atoms with E-state index in [0.29, 0.717) is 23.4 Å². The summed E-state index contributed by atoms with van der Waals surface area (Å²) in [5.41, 5.74) is 0.162. The minimum Gasteiger partial charge on any atom is -0.494 e. The Bertz CT molecular complexity index is 1430. The highest BCUT2D eigenvalue weighted by Gasteiger charge is 2.23. The predicted octanol–water partition coefficient (Wildman–Crippen LogP) is 4.93. The van der Waals surface area contributed by atoms with Crippen molar-refractivity contribution in [2.45, 2.75) is 13.8 Å². The van der Waals surface area contributed by atoms with Crippen LogP contribution < -0.4 is 15.6 Å². The monoisotopic (exact) mass is 497 g/mol. The van der Waals surface area contributed by atoms with Crippen LogP contribution in [0.1, 0.15) is 34.7 Å². The minimum absolute atomic E-state index is 0.0279. The van der Waals surface area contributed by atoms with Crippen LogP contribution in [-0.4, -0.2) is 34.9 Å². The van der Waals surface area contributed by atoms with Crippen molar-refractivity contribution in [1.82, 2.24) is 9.78 Å². The van der Waals surface area contributed by atoms with Crippen LogP contribution in [0.4, 0.5) is 5.00 Å². The van der Waals surface area contributed by atoms with Crippen LogP contribution in [0, 0.1) is 0 Å². The first-order chi connectivity index (χ1) is 16.4. The predicted molar refractivity (Wildman–Crippen MR) is 132 cm³/mol. The zero-order valence-corrected chi connectivity index (χ0v) is 19.9. The number of anilines is 1. The lowest BCUT2D eigenvalue weighted by Crippen LogP contribution is -2.25. The molecule has 10 heteroatoms. The van der Waals surface area contributed by atoms with Crippen LogP contribution in [-0.2, 0) is 4.74 Å². The van der Waals surface area contributed by atoms with Crippen molar-refractivity contribution in [1.29, 1.82) is 0 Å². The smallest absolute Gasteiger partial charge is 0.359 e. The van der Waals surface area contributed by atoms with Crippen molar-refractivity contribution in [3.63, 3.8) is 0 Å². The summed E-state index contributed by atoms with van der Waals surface area (Å²) in [6.07, 6.45) is 0. The molecular weight excluding hydrogens is 478 g/mol. The van der Waals surface area contributed by atoms with Crippen LogP contribution in [0.2, 0.25) is 5.02 Å². The molecule has 0 fully saturated rings. The highest BCUT2D eigenvalue weighted by atomic mass is 35.5. The molecule has 0 spiro atoms. The van der Waals surface area contributed by atoms with E-state index in [1.54, 1.807) is 60.8 Å². The van der Waals surface area contributed by atoms with E-state index in [2.05, 4.69) is 10.4 Å². The number of aromatic nitrogens is 2. The second-order valence-corrected chi connectivity index (χ2v) is 8.29. The summed E-state index contributed by atoms with van der Waals surface area (Å²) in [5, 5.41) is 9.64. The van der Waals surface area contributed by atoms with Crippen molar-refractivity contribution in [2.75, 3.05) is 18.5 Å². The van der Waals surface area contributed by atoms with E-state index in [9.17, 15) is 14.4 Å². The number of hydrogen-bond acceptors (Lipinski definition) is 7. The van der Waals surface area contributed by atoms with Crippen molar-refractivity contribution in [2.24, 2.45) is 0 Å². The number of nitrogens with zero attached hydrogens (tertiary/aromatic N) is 2. The van der Waals surface area contributed by atoms with E-state index in [4.69, 9.17) is 21.1 Å². The van der Waals surface area contributed by atoms with Gasteiger partial charge in [0.15, 0.2) is 5.69 Å². The fraction of sp³-hybridized carbons (Fsp3) is 0.167. The lowest BCUT2D eigenvalue weighted by molar-refractivity contribution is 0.0520. The molecular formula is C24H20ClN3O5S. The van der Waals surface area contributed by atoms with Gasteiger partial charge in [0.05, 0.1) is 34.9 Å². The van der Waals surface area contributed by atoms with E-state index in [-0.39, 0.29) is 33.3 Å². The largest absolute Gasteiger partial charge is 0.494 e. The second-order valence-electron chi connectivity index (χ2n) is 7.00. The first-order valence-electron chi connectivity index (χ1n) is 10.4. The van der Waals surface area contributed by atoms with Gasteiger partial charge in [0.1, 0.15) is 10.8 Å². The maximum absolute atomic E-state index is 13.5. The summed E-state index contributed by atoms with van der Waals surface area (Å²) >= 11 is 7.26. The summed E-state index contributed by atoms with van der Waals surface area (Å²) < 4.78 is 11.7. The normalized spacial score (nSPS) is 10.8. The standard InChI is InChI=1S/C24H20ClN3O5S/c1-3-32-15-11-9-14(10-12-15)28-23(30)19-17(20(27-28)24(31)33-4-2)13-34-22(19)26-21(29)16-7-5-6-8-18(16)25/h5-13H,3-4H2,1-2H3,(H,26,29). The zero-order valence-electron chi connectivity index (χ0n) is 18.3. The molecule has 0 radical (unpaired) electrons. The van der Waals surface area contributed by atoms with Gasteiger partial charge in [-0.05, 0) is 50.2 Å². The van der Waals surface area contributed by atoms with Gasteiger partial charge in [-0.15, -0.1) is 11.3 Å². The Morgan fingerprint density at radius 3 is 2.50 bits per heavy atom. The average molecular weight is 498 g/mol. The van der Waals surface area contributed by atoms with Crippen LogP contribution in [0.25, 0.3) is 16.5 Å². The third-order valence-corrected chi connectivity index (χ3v) is 6.08. The lowest BCUT2D eigenvalue weighted by atomic mass is 10.2. The van der Waals surface area contributed by atoms with Crippen molar-refractivity contribution in [3.8, 4) is 11.4 Å². The first kappa shape index (κ1) is 23.5. The number of carbonyl (C=O) groups excluding carboxylic acids is 2. The number of esters is 1. The molecule has 0 aliphatic rings.